The van der Waals surface area contributed by atoms with Gasteiger partial charge in [0.1, 0.15) is 17.4 Å². The number of carbonyl (C=O) groups excluding carboxylic acids is 2. The number of aryl methyl sites for hydroxylation is 1. The Labute approximate surface area is 279 Å². The van der Waals surface area contributed by atoms with Gasteiger partial charge in [-0.1, -0.05) is 120 Å². The first kappa shape index (κ1) is 36.8. The lowest BCUT2D eigenvalue weighted by Gasteiger charge is -2.19. The molecular weight excluding hydrogens is 590 g/mol. The van der Waals surface area contributed by atoms with E-state index in [4.69, 9.17) is 0 Å². The summed E-state index contributed by atoms with van der Waals surface area (Å²) in [5, 5.41) is 27.0. The van der Waals surface area contributed by atoms with Crippen LogP contribution in [0.4, 0.5) is 5.69 Å². The van der Waals surface area contributed by atoms with Gasteiger partial charge in [0.2, 0.25) is 5.91 Å². The van der Waals surface area contributed by atoms with E-state index in [9.17, 15) is 24.8 Å². The van der Waals surface area contributed by atoms with Crippen molar-refractivity contribution in [1.29, 1.82) is 0 Å². The van der Waals surface area contributed by atoms with Crippen LogP contribution in [0.2, 0.25) is 0 Å². The Morgan fingerprint density at radius 3 is 2.04 bits per heavy atom. The smallest absolute Gasteiger partial charge is 0.284 e. The molecule has 0 aliphatic heterocycles. The van der Waals surface area contributed by atoms with Crippen LogP contribution in [0.15, 0.2) is 72.8 Å². The van der Waals surface area contributed by atoms with Crippen molar-refractivity contribution >= 4 is 17.5 Å². The summed E-state index contributed by atoms with van der Waals surface area (Å²) in [4.78, 5) is 37.8. The van der Waals surface area contributed by atoms with Gasteiger partial charge in [-0.3, -0.25) is 19.7 Å². The van der Waals surface area contributed by atoms with Gasteiger partial charge in [-0.15, -0.1) is 0 Å². The third kappa shape index (κ3) is 14.1. The molecule has 0 spiro atoms. The number of nitrogens with one attached hydrogen (secondary N) is 2. The fourth-order valence-corrected chi connectivity index (χ4v) is 5.39. The van der Waals surface area contributed by atoms with Crippen molar-refractivity contribution in [2.45, 2.75) is 103 Å². The molecule has 0 fully saturated rings. The van der Waals surface area contributed by atoms with E-state index < -0.39 is 16.9 Å². The van der Waals surface area contributed by atoms with Crippen LogP contribution in [0.1, 0.15) is 117 Å². The van der Waals surface area contributed by atoms with E-state index in [-0.39, 0.29) is 28.5 Å². The molecule has 0 saturated carbocycles. The number of unbranched alkanes of at least 4 members (excludes halogenated alkanes) is 11. The van der Waals surface area contributed by atoms with Crippen molar-refractivity contribution in [3.05, 3.63) is 105 Å². The van der Waals surface area contributed by atoms with Crippen molar-refractivity contribution in [1.82, 2.24) is 10.6 Å². The van der Waals surface area contributed by atoms with Crippen LogP contribution in [0.3, 0.4) is 0 Å². The molecule has 47 heavy (non-hydrogen) atoms. The Hall–Kier alpha value is -4.64. The molecule has 0 heterocycles. The van der Waals surface area contributed by atoms with Crippen LogP contribution in [-0.4, -0.2) is 34.4 Å². The number of aromatic hydroxyl groups is 1. The molecule has 0 unspecified atom stereocenters. The van der Waals surface area contributed by atoms with Gasteiger partial charge < -0.3 is 15.7 Å². The van der Waals surface area contributed by atoms with E-state index in [1.165, 1.54) is 88.1 Å². The Morgan fingerprint density at radius 2 is 1.43 bits per heavy atom. The number of phenols is 1. The van der Waals surface area contributed by atoms with Crippen LogP contribution in [-0.2, 0) is 11.2 Å². The van der Waals surface area contributed by atoms with E-state index in [0.717, 1.165) is 24.8 Å². The highest BCUT2D eigenvalue weighted by Crippen LogP contribution is 2.20. The van der Waals surface area contributed by atoms with E-state index >= 15 is 0 Å². The summed E-state index contributed by atoms with van der Waals surface area (Å²) in [6.45, 7) is 2.79. The minimum absolute atomic E-state index is 0.0768. The molecule has 8 nitrogen and oxygen atoms in total. The maximum absolute atomic E-state index is 13.4. The number of carbonyl (C=O) groups is 2. The summed E-state index contributed by atoms with van der Waals surface area (Å²) in [6.07, 6.45) is 15.9. The van der Waals surface area contributed by atoms with Crippen LogP contribution >= 0.6 is 0 Å². The van der Waals surface area contributed by atoms with Gasteiger partial charge in [0.15, 0.2) is 0 Å². The Balaban J connectivity index is 1.56. The van der Waals surface area contributed by atoms with Crippen molar-refractivity contribution in [3.8, 4) is 17.6 Å². The van der Waals surface area contributed by atoms with Gasteiger partial charge in [-0.2, -0.15) is 0 Å². The molecule has 3 aromatic carbocycles. The molecule has 0 aliphatic rings. The number of hydrogen-bond acceptors (Lipinski definition) is 5. The number of hydrogen-bond donors (Lipinski definition) is 3. The van der Waals surface area contributed by atoms with Crippen molar-refractivity contribution in [3.63, 3.8) is 0 Å². The summed E-state index contributed by atoms with van der Waals surface area (Å²) in [5.41, 5.74) is 1.63. The quantitative estimate of drug-likeness (QED) is 0.0497. The number of nitrogens with zero attached hydrogens (tertiary/aromatic N) is 1. The lowest BCUT2D eigenvalue weighted by atomic mass is 10.0. The molecule has 250 valence electrons. The summed E-state index contributed by atoms with van der Waals surface area (Å²) in [5.74, 6) is 4.96. The summed E-state index contributed by atoms with van der Waals surface area (Å²) in [6, 6.07) is 19.1. The first-order valence-electron chi connectivity index (χ1n) is 17.1. The zero-order valence-corrected chi connectivity index (χ0v) is 27.6. The first-order valence-corrected chi connectivity index (χ1v) is 17.1. The summed E-state index contributed by atoms with van der Waals surface area (Å²) in [7, 11) is 0. The Bertz CT molecular complexity index is 1460. The highest BCUT2D eigenvalue weighted by atomic mass is 16.6. The Kier molecular flexibility index (Phi) is 16.6. The molecule has 3 rings (SSSR count). The Morgan fingerprint density at radius 1 is 0.809 bits per heavy atom. The summed E-state index contributed by atoms with van der Waals surface area (Å²) >= 11 is 0. The average Bonchev–Trinajstić information content (AvgIpc) is 3.08. The largest absolute Gasteiger partial charge is 0.508 e. The topological polar surface area (TPSA) is 122 Å². The molecule has 2 amide bonds. The maximum Gasteiger partial charge on any atom is 0.284 e. The van der Waals surface area contributed by atoms with Crippen LogP contribution in [0, 0.1) is 22.0 Å². The standard InChI is InChI=1S/C39H49N3O5/c1-2-3-4-5-6-7-8-9-10-11-12-16-29-40-39(45)36(27-22-31-17-14-13-15-18-31)41-38(44)34-24-28-37(42(46)47)33(30-34)23-19-32-20-25-35(43)26-21-32/h13-15,17-18,20-21,24-26,28,30,36,43H,2-12,16,22,27,29H2,1H3,(H,40,45)(H,41,44)/t36-/m0/s1. The van der Waals surface area contributed by atoms with Crippen LogP contribution in [0.5, 0.6) is 5.75 Å². The minimum atomic E-state index is -0.776. The number of nitro groups is 1. The van der Waals surface area contributed by atoms with Crippen molar-refractivity contribution in [2.24, 2.45) is 0 Å². The third-order valence-electron chi connectivity index (χ3n) is 8.18. The molecule has 0 aliphatic carbocycles. The van der Waals surface area contributed by atoms with E-state index in [1.807, 2.05) is 30.3 Å². The predicted molar refractivity (Wildman–Crippen MR) is 187 cm³/mol. The molecule has 3 N–H and O–H groups in total. The third-order valence-corrected chi connectivity index (χ3v) is 8.18. The van der Waals surface area contributed by atoms with Crippen molar-refractivity contribution in [2.75, 3.05) is 6.54 Å². The van der Waals surface area contributed by atoms with E-state index in [1.54, 1.807) is 12.1 Å². The highest BCUT2D eigenvalue weighted by Gasteiger charge is 2.23. The van der Waals surface area contributed by atoms with Gasteiger partial charge in [0, 0.05) is 23.7 Å². The van der Waals surface area contributed by atoms with Gasteiger partial charge in [0.05, 0.1) is 4.92 Å². The lowest BCUT2D eigenvalue weighted by Crippen LogP contribution is -2.47. The maximum atomic E-state index is 13.4. The molecule has 0 bridgehead atoms. The van der Waals surface area contributed by atoms with E-state index in [0.29, 0.717) is 24.9 Å². The van der Waals surface area contributed by atoms with Crippen LogP contribution < -0.4 is 10.6 Å². The second kappa shape index (κ2) is 21.2. The molecule has 1 atom stereocenters. The minimum Gasteiger partial charge on any atom is -0.508 e. The monoisotopic (exact) mass is 639 g/mol. The van der Waals surface area contributed by atoms with E-state index in [2.05, 4.69) is 29.4 Å². The van der Waals surface area contributed by atoms with Gasteiger partial charge >= 0.3 is 0 Å². The highest BCUT2D eigenvalue weighted by molar-refractivity contribution is 5.98. The number of phenolic OH excluding ortho intramolecular Hbond substituents is 1. The number of nitro benzene ring substituents is 1. The number of rotatable bonds is 20. The molecule has 0 saturated heterocycles. The first-order chi connectivity index (χ1) is 22.9. The van der Waals surface area contributed by atoms with Gasteiger partial charge in [-0.25, -0.2) is 0 Å². The molecule has 3 aromatic rings. The second-order valence-corrected chi connectivity index (χ2v) is 12.0. The lowest BCUT2D eigenvalue weighted by molar-refractivity contribution is -0.385. The fraction of sp³-hybridized carbons (Fsp3) is 0.436. The normalized spacial score (nSPS) is 11.3. The van der Waals surface area contributed by atoms with Gasteiger partial charge in [0.25, 0.3) is 11.6 Å². The summed E-state index contributed by atoms with van der Waals surface area (Å²) < 4.78 is 0. The zero-order valence-electron chi connectivity index (χ0n) is 27.6. The molecular formula is C39H49N3O5. The molecule has 0 aromatic heterocycles. The second-order valence-electron chi connectivity index (χ2n) is 12.0. The fourth-order valence-electron chi connectivity index (χ4n) is 5.39. The predicted octanol–water partition coefficient (Wildman–Crippen LogP) is 8.25. The molecule has 0 radical (unpaired) electrons. The SMILES string of the molecule is CCCCCCCCCCCCCCNC(=O)[C@H](CCc1ccccc1)NC(=O)c1ccc([N+](=O)[O-])c(C#Cc2ccc(O)cc2)c1. The number of benzene rings is 3. The van der Waals surface area contributed by atoms with Gasteiger partial charge in [-0.05, 0) is 61.2 Å². The number of amides is 2. The van der Waals surface area contributed by atoms with Crippen molar-refractivity contribution < 1.29 is 19.6 Å². The average molecular weight is 640 g/mol. The zero-order chi connectivity index (χ0) is 33.7. The van der Waals surface area contributed by atoms with Crippen LogP contribution in [0.25, 0.3) is 0 Å². The molecule has 8 heteroatoms.